The molecule has 0 rings (SSSR count). The molecule has 8 heteroatoms. The number of esters is 1. The van der Waals surface area contributed by atoms with Crippen LogP contribution >= 0.6 is 0 Å². The Balaban J connectivity index is 4.82. The Morgan fingerprint density at radius 2 is 1.17 bits per heavy atom. The second kappa shape index (κ2) is 20.0. The van der Waals surface area contributed by atoms with Crippen LogP contribution in [0.5, 0.6) is 0 Å². The Kier molecular flexibility index (Phi) is 18.8. The average molecular weight is 515 g/mol. The summed E-state index contributed by atoms with van der Waals surface area (Å²) in [6, 6.07) is 0. The Morgan fingerprint density at radius 3 is 1.61 bits per heavy atom. The zero-order chi connectivity index (χ0) is 27.4. The summed E-state index contributed by atoms with van der Waals surface area (Å²) >= 11 is 0. The Labute approximate surface area is 217 Å². The molecule has 2 unspecified atom stereocenters. The number of hydrogen-bond acceptors (Lipinski definition) is 5. The van der Waals surface area contributed by atoms with Crippen molar-refractivity contribution in [3.05, 3.63) is 0 Å². The normalized spacial score (nSPS) is 13.8. The van der Waals surface area contributed by atoms with Crippen molar-refractivity contribution in [1.82, 2.24) is 0 Å². The summed E-state index contributed by atoms with van der Waals surface area (Å²) in [6.07, 6.45) is 13.3. The van der Waals surface area contributed by atoms with Gasteiger partial charge < -0.3 is 20.1 Å². The van der Waals surface area contributed by atoms with E-state index in [-0.39, 0.29) is 12.8 Å². The fraction of sp³-hybridized carbons (Fsp3) is 0.857. The van der Waals surface area contributed by atoms with E-state index in [0.717, 1.165) is 50.9 Å². The van der Waals surface area contributed by atoms with Gasteiger partial charge in [0.2, 0.25) is 5.60 Å². The molecule has 36 heavy (non-hydrogen) atoms. The van der Waals surface area contributed by atoms with E-state index >= 15 is 0 Å². The summed E-state index contributed by atoms with van der Waals surface area (Å²) in [5.74, 6) is -6.46. The molecule has 3 N–H and O–H groups in total. The highest BCUT2D eigenvalue weighted by Gasteiger charge is 2.54. The van der Waals surface area contributed by atoms with Crippen LogP contribution in [-0.4, -0.2) is 44.8 Å². The van der Waals surface area contributed by atoms with Crippen LogP contribution in [0.1, 0.15) is 136 Å². The zero-order valence-corrected chi connectivity index (χ0v) is 22.8. The zero-order valence-electron chi connectivity index (χ0n) is 22.8. The van der Waals surface area contributed by atoms with E-state index in [1.807, 2.05) is 0 Å². The molecule has 0 aromatic carbocycles. The van der Waals surface area contributed by atoms with Crippen molar-refractivity contribution >= 4 is 23.9 Å². The van der Waals surface area contributed by atoms with Crippen molar-refractivity contribution in [2.75, 3.05) is 0 Å². The van der Waals surface area contributed by atoms with Gasteiger partial charge in [0, 0.05) is 6.42 Å². The Hall–Kier alpha value is -2.12. The van der Waals surface area contributed by atoms with Gasteiger partial charge in [-0.15, -0.1) is 0 Å². The van der Waals surface area contributed by atoms with E-state index in [2.05, 4.69) is 20.8 Å². The quantitative estimate of drug-likeness (QED) is 0.0940. The SMILES string of the molecule is CCCCCCCC(=O)OC(CC(=O)O)(C(=O)O)C(CCCCCCCCCCCC(C)C)C(=O)O. The van der Waals surface area contributed by atoms with Gasteiger partial charge in [0.05, 0.1) is 6.42 Å². The molecular formula is C28H50O8. The smallest absolute Gasteiger partial charge is 0.349 e. The van der Waals surface area contributed by atoms with Crippen LogP contribution in [0, 0.1) is 11.8 Å². The van der Waals surface area contributed by atoms with Crippen molar-refractivity contribution in [2.24, 2.45) is 11.8 Å². The minimum absolute atomic E-state index is 0.0616. The summed E-state index contributed by atoms with van der Waals surface area (Å²) in [6.45, 7) is 6.52. The number of rotatable bonds is 24. The van der Waals surface area contributed by atoms with Crippen molar-refractivity contribution in [3.63, 3.8) is 0 Å². The van der Waals surface area contributed by atoms with Gasteiger partial charge in [0.15, 0.2) is 0 Å². The fourth-order valence-electron chi connectivity index (χ4n) is 4.55. The summed E-state index contributed by atoms with van der Waals surface area (Å²) < 4.78 is 5.20. The highest BCUT2D eigenvalue weighted by atomic mass is 16.6. The highest BCUT2D eigenvalue weighted by Crippen LogP contribution is 2.33. The molecule has 210 valence electrons. The molecule has 0 amide bonds. The maximum Gasteiger partial charge on any atom is 0.349 e. The third-order valence-electron chi connectivity index (χ3n) is 6.69. The lowest BCUT2D eigenvalue weighted by molar-refractivity contribution is -0.195. The molecule has 0 spiro atoms. The molecule has 0 saturated heterocycles. The third kappa shape index (κ3) is 15.1. The number of aliphatic carboxylic acids is 3. The molecule has 0 heterocycles. The van der Waals surface area contributed by atoms with E-state index in [0.29, 0.717) is 19.3 Å². The maximum absolute atomic E-state index is 12.4. The van der Waals surface area contributed by atoms with Crippen LogP contribution in [0.15, 0.2) is 0 Å². The van der Waals surface area contributed by atoms with Crippen molar-refractivity contribution in [1.29, 1.82) is 0 Å². The predicted molar refractivity (Wildman–Crippen MR) is 139 cm³/mol. The molecule has 0 aromatic heterocycles. The first kappa shape index (κ1) is 33.9. The van der Waals surface area contributed by atoms with Gasteiger partial charge in [-0.2, -0.15) is 0 Å². The third-order valence-corrected chi connectivity index (χ3v) is 6.69. The number of ether oxygens (including phenoxy) is 1. The van der Waals surface area contributed by atoms with Crippen LogP contribution in [0.4, 0.5) is 0 Å². The molecule has 0 aliphatic carbocycles. The summed E-state index contributed by atoms with van der Waals surface area (Å²) in [5.41, 5.74) is -2.62. The van der Waals surface area contributed by atoms with E-state index in [9.17, 15) is 34.5 Å². The summed E-state index contributed by atoms with van der Waals surface area (Å²) in [5, 5.41) is 29.0. The lowest BCUT2D eigenvalue weighted by Crippen LogP contribution is -2.54. The molecule has 0 aromatic rings. The molecule has 2 atom stereocenters. The first-order valence-electron chi connectivity index (χ1n) is 14.0. The largest absolute Gasteiger partial charge is 0.481 e. The first-order chi connectivity index (χ1) is 17.1. The number of carboxylic acids is 3. The average Bonchev–Trinajstić information content (AvgIpc) is 2.78. The molecular weight excluding hydrogens is 464 g/mol. The van der Waals surface area contributed by atoms with Crippen LogP contribution in [-0.2, 0) is 23.9 Å². The Bertz CT molecular complexity index is 645. The number of carboxylic acid groups (broad SMARTS) is 3. The monoisotopic (exact) mass is 514 g/mol. The lowest BCUT2D eigenvalue weighted by atomic mass is 9.80. The van der Waals surface area contributed by atoms with E-state index in [1.165, 1.54) is 32.1 Å². The van der Waals surface area contributed by atoms with Gasteiger partial charge in [0.1, 0.15) is 5.92 Å². The number of carbonyl (C=O) groups is 4. The molecule has 0 bridgehead atoms. The van der Waals surface area contributed by atoms with Crippen molar-refractivity contribution < 1.29 is 39.2 Å². The van der Waals surface area contributed by atoms with Crippen LogP contribution in [0.3, 0.4) is 0 Å². The molecule has 0 aliphatic heterocycles. The number of unbranched alkanes of at least 4 members (excludes halogenated alkanes) is 12. The molecule has 0 radical (unpaired) electrons. The molecule has 0 saturated carbocycles. The number of carbonyl (C=O) groups excluding carboxylic acids is 1. The fourth-order valence-corrected chi connectivity index (χ4v) is 4.55. The maximum atomic E-state index is 12.4. The highest BCUT2D eigenvalue weighted by molar-refractivity contribution is 5.92. The summed E-state index contributed by atoms with van der Waals surface area (Å²) in [7, 11) is 0. The lowest BCUT2D eigenvalue weighted by Gasteiger charge is -2.33. The van der Waals surface area contributed by atoms with E-state index in [1.54, 1.807) is 0 Å². The van der Waals surface area contributed by atoms with Gasteiger partial charge in [-0.25, -0.2) is 4.79 Å². The van der Waals surface area contributed by atoms with E-state index in [4.69, 9.17) is 4.74 Å². The van der Waals surface area contributed by atoms with Crippen molar-refractivity contribution in [2.45, 2.75) is 142 Å². The van der Waals surface area contributed by atoms with Gasteiger partial charge >= 0.3 is 23.9 Å². The Morgan fingerprint density at radius 1 is 0.694 bits per heavy atom. The van der Waals surface area contributed by atoms with Crippen LogP contribution < -0.4 is 0 Å². The van der Waals surface area contributed by atoms with Gasteiger partial charge in [-0.05, 0) is 18.8 Å². The van der Waals surface area contributed by atoms with Gasteiger partial charge in [0.25, 0.3) is 0 Å². The topological polar surface area (TPSA) is 138 Å². The standard InChI is InChI=1S/C28H50O8/c1-4-5-6-12-17-20-25(31)36-28(27(34)35,21-24(29)30)23(26(32)33)19-16-14-11-9-7-8-10-13-15-18-22(2)3/h22-23H,4-21H2,1-3H3,(H,29,30)(H,32,33)(H,34,35). The van der Waals surface area contributed by atoms with Gasteiger partial charge in [-0.3, -0.25) is 14.4 Å². The van der Waals surface area contributed by atoms with Crippen LogP contribution in [0.25, 0.3) is 0 Å². The second-order valence-electron chi connectivity index (χ2n) is 10.4. The first-order valence-corrected chi connectivity index (χ1v) is 14.0. The molecule has 0 aliphatic rings. The van der Waals surface area contributed by atoms with Crippen molar-refractivity contribution in [3.8, 4) is 0 Å². The minimum atomic E-state index is -2.62. The second-order valence-corrected chi connectivity index (χ2v) is 10.4. The van der Waals surface area contributed by atoms with Crippen LogP contribution in [0.2, 0.25) is 0 Å². The summed E-state index contributed by atoms with van der Waals surface area (Å²) in [4.78, 5) is 48.1. The molecule has 8 nitrogen and oxygen atoms in total. The predicted octanol–water partition coefficient (Wildman–Crippen LogP) is 6.84. The van der Waals surface area contributed by atoms with E-state index < -0.39 is 41.8 Å². The number of hydrogen-bond donors (Lipinski definition) is 3. The van der Waals surface area contributed by atoms with Gasteiger partial charge in [-0.1, -0.05) is 111 Å². The molecule has 0 fully saturated rings. The minimum Gasteiger partial charge on any atom is -0.481 e.